The highest BCUT2D eigenvalue weighted by atomic mass is 32.2. The number of carbonyl (C=O) groups is 1. The predicted molar refractivity (Wildman–Crippen MR) is 123 cm³/mol. The summed E-state index contributed by atoms with van der Waals surface area (Å²) in [5, 5.41) is 28.0. The van der Waals surface area contributed by atoms with Crippen LogP contribution < -0.4 is 20.6 Å². The van der Waals surface area contributed by atoms with Crippen LogP contribution in [-0.4, -0.2) is 65.9 Å². The molecule has 0 aliphatic rings. The molecular weight excluding hydrogens is 478 g/mol. The first-order chi connectivity index (χ1) is 16.9. The van der Waals surface area contributed by atoms with E-state index >= 15 is 0 Å². The second-order valence-corrected chi connectivity index (χ2v) is 7.93. The first-order valence-electron chi connectivity index (χ1n) is 9.99. The second kappa shape index (κ2) is 10.2. The minimum absolute atomic E-state index is 0.00548. The molecule has 0 saturated heterocycles. The zero-order valence-electron chi connectivity index (χ0n) is 19.2. The topological polar surface area (TPSA) is 186 Å². The number of methoxy groups -OCH3 is 2. The molecule has 0 spiro atoms. The number of thioether (sulfide) groups is 1. The summed E-state index contributed by atoms with van der Waals surface area (Å²) in [7, 11) is 4.89. The molecule has 3 heterocycles. The maximum Gasteiger partial charge on any atom is 0.293 e. The fraction of sp³-hybridized carbons (Fsp3) is 0.263. The molecule has 1 amide bonds. The number of aryl methyl sites for hydroxylation is 1. The smallest absolute Gasteiger partial charge is 0.293 e. The number of hydrogen-bond acceptors (Lipinski definition) is 13. The maximum absolute atomic E-state index is 13.0. The number of nitrogens with one attached hydrogen (secondary N) is 1. The van der Waals surface area contributed by atoms with Gasteiger partial charge in [0.15, 0.2) is 22.3 Å². The summed E-state index contributed by atoms with van der Waals surface area (Å²) in [5.41, 5.74) is 9.99. The maximum atomic E-state index is 13.0. The average Bonchev–Trinajstić information content (AvgIpc) is 3.59. The van der Waals surface area contributed by atoms with E-state index < -0.39 is 5.91 Å². The average molecular weight is 500 g/mol. The molecule has 0 aliphatic heterocycles. The molecule has 3 aromatic heterocycles. The lowest BCUT2D eigenvalue weighted by molar-refractivity contribution is 0.0949. The number of aromatic nitrogens is 8. The van der Waals surface area contributed by atoms with Crippen molar-refractivity contribution in [3.63, 3.8) is 0 Å². The molecule has 0 unspecified atom stereocenters. The number of nitrogens with zero attached hydrogens (tertiary/aromatic N) is 9. The zero-order valence-corrected chi connectivity index (χ0v) is 20.0. The summed E-state index contributed by atoms with van der Waals surface area (Å²) in [5.74, 6) is 0.878. The fourth-order valence-corrected chi connectivity index (χ4v) is 3.85. The molecule has 182 valence electrons. The monoisotopic (exact) mass is 499 g/mol. The van der Waals surface area contributed by atoms with Crippen molar-refractivity contribution in [2.24, 2.45) is 12.1 Å². The summed E-state index contributed by atoms with van der Waals surface area (Å²) < 4.78 is 18.3. The Hall–Kier alpha value is -4.47. The predicted octanol–water partition coefficient (Wildman–Crippen LogP) is 0.824. The van der Waals surface area contributed by atoms with Gasteiger partial charge in [0.2, 0.25) is 11.6 Å². The van der Waals surface area contributed by atoms with Crippen molar-refractivity contribution >= 4 is 29.2 Å². The summed E-state index contributed by atoms with van der Waals surface area (Å²) in [6.45, 7) is 1.74. The molecule has 0 fully saturated rings. The number of anilines is 1. The van der Waals surface area contributed by atoms with Crippen LogP contribution in [0.25, 0.3) is 5.82 Å². The fourth-order valence-electron chi connectivity index (χ4n) is 2.97. The highest BCUT2D eigenvalue weighted by Gasteiger charge is 2.24. The number of nitrogens with two attached hydrogens (primary N) is 1. The van der Waals surface area contributed by atoms with Gasteiger partial charge in [-0.25, -0.2) is 10.1 Å². The van der Waals surface area contributed by atoms with Crippen molar-refractivity contribution in [2.45, 2.75) is 17.8 Å². The molecule has 0 atom stereocenters. The van der Waals surface area contributed by atoms with Gasteiger partial charge in [-0.05, 0) is 35.4 Å². The van der Waals surface area contributed by atoms with Gasteiger partial charge < -0.3 is 19.8 Å². The molecule has 4 rings (SSSR count). The molecule has 16 heteroatoms. The van der Waals surface area contributed by atoms with Gasteiger partial charge in [0.05, 0.1) is 25.6 Å². The lowest BCUT2D eigenvalue weighted by Crippen LogP contribution is -2.21. The molecule has 0 aliphatic carbocycles. The van der Waals surface area contributed by atoms with Crippen molar-refractivity contribution in [1.29, 1.82) is 0 Å². The van der Waals surface area contributed by atoms with Gasteiger partial charge in [0, 0.05) is 18.4 Å². The van der Waals surface area contributed by atoms with Crippen LogP contribution in [0.5, 0.6) is 11.5 Å². The van der Waals surface area contributed by atoms with E-state index in [-0.39, 0.29) is 23.1 Å². The Labute approximate surface area is 202 Å². The largest absolute Gasteiger partial charge is 0.493 e. The number of ether oxygens (including phenoxy) is 2. The standard InChI is InChI=1S/C19H21N11O4S/c1-10(11-5-6-13(32-3)14(7-11)33-4)22-24-18(31)15-12(8-35-19-25-21-9-29(19)2)30(28-23-15)17-16(20)26-34-27-17/h5-7,9H,8H2,1-4H3,(H2,20,26)(H,24,31)/b22-10-. The van der Waals surface area contributed by atoms with E-state index in [1.165, 1.54) is 23.6 Å². The highest BCUT2D eigenvalue weighted by Crippen LogP contribution is 2.28. The first kappa shape index (κ1) is 23.7. The Bertz CT molecular complexity index is 1380. The van der Waals surface area contributed by atoms with Crippen LogP contribution in [0.3, 0.4) is 0 Å². The van der Waals surface area contributed by atoms with Crippen LogP contribution in [0.1, 0.15) is 28.7 Å². The van der Waals surface area contributed by atoms with Gasteiger partial charge in [-0.15, -0.1) is 15.3 Å². The van der Waals surface area contributed by atoms with Crippen LogP contribution >= 0.6 is 11.8 Å². The van der Waals surface area contributed by atoms with Crippen molar-refractivity contribution in [1.82, 2.24) is 45.5 Å². The summed E-state index contributed by atoms with van der Waals surface area (Å²) in [6.07, 6.45) is 1.57. The summed E-state index contributed by atoms with van der Waals surface area (Å²) >= 11 is 1.32. The van der Waals surface area contributed by atoms with Crippen molar-refractivity contribution in [3.05, 3.63) is 41.5 Å². The molecule has 0 radical (unpaired) electrons. The zero-order chi connectivity index (χ0) is 24.9. The van der Waals surface area contributed by atoms with Crippen LogP contribution in [0.4, 0.5) is 5.82 Å². The third-order valence-electron chi connectivity index (χ3n) is 4.81. The molecule has 3 N–H and O–H groups in total. The van der Waals surface area contributed by atoms with Gasteiger partial charge in [-0.3, -0.25) is 4.79 Å². The second-order valence-electron chi connectivity index (χ2n) is 6.99. The van der Waals surface area contributed by atoms with Gasteiger partial charge in [-0.2, -0.15) is 9.78 Å². The first-order valence-corrected chi connectivity index (χ1v) is 11.0. The van der Waals surface area contributed by atoms with E-state index in [1.54, 1.807) is 50.2 Å². The third-order valence-corrected chi connectivity index (χ3v) is 5.85. The van der Waals surface area contributed by atoms with Crippen molar-refractivity contribution in [2.75, 3.05) is 20.0 Å². The van der Waals surface area contributed by atoms with Gasteiger partial charge in [-0.1, -0.05) is 17.0 Å². The Morgan fingerprint density at radius 1 is 1.23 bits per heavy atom. The van der Waals surface area contributed by atoms with Crippen LogP contribution in [0.15, 0.2) is 39.4 Å². The van der Waals surface area contributed by atoms with Crippen molar-refractivity contribution in [3.8, 4) is 17.3 Å². The summed E-state index contributed by atoms with van der Waals surface area (Å²) in [4.78, 5) is 13.0. The van der Waals surface area contributed by atoms with E-state index in [2.05, 4.69) is 46.0 Å². The Balaban J connectivity index is 1.60. The molecule has 15 nitrogen and oxygen atoms in total. The number of rotatable bonds is 9. The quantitative estimate of drug-likeness (QED) is 0.188. The summed E-state index contributed by atoms with van der Waals surface area (Å²) in [6, 6.07) is 5.30. The van der Waals surface area contributed by atoms with E-state index in [0.29, 0.717) is 28.1 Å². The van der Waals surface area contributed by atoms with Gasteiger partial charge in [0.1, 0.15) is 6.33 Å². The Morgan fingerprint density at radius 2 is 2.03 bits per heavy atom. The minimum atomic E-state index is -0.584. The van der Waals surface area contributed by atoms with E-state index in [9.17, 15) is 4.79 Å². The van der Waals surface area contributed by atoms with Crippen LogP contribution in [-0.2, 0) is 12.8 Å². The third kappa shape index (κ3) is 4.91. The van der Waals surface area contributed by atoms with Gasteiger partial charge >= 0.3 is 0 Å². The number of benzene rings is 1. The Kier molecular flexibility index (Phi) is 6.91. The van der Waals surface area contributed by atoms with Crippen molar-refractivity contribution < 1.29 is 18.9 Å². The number of nitrogen functional groups attached to an aromatic ring is 1. The molecule has 0 saturated carbocycles. The van der Waals surface area contributed by atoms with Gasteiger partial charge in [0.25, 0.3) is 5.91 Å². The molecule has 0 bridgehead atoms. The molecule has 4 aromatic rings. The normalized spacial score (nSPS) is 11.5. The number of carbonyl (C=O) groups excluding carboxylic acids is 1. The van der Waals surface area contributed by atoms with Crippen LogP contribution in [0.2, 0.25) is 0 Å². The minimum Gasteiger partial charge on any atom is -0.493 e. The molecule has 1 aromatic carbocycles. The van der Waals surface area contributed by atoms with E-state index in [0.717, 1.165) is 5.56 Å². The SMILES string of the molecule is COc1ccc(/C(C)=N\NC(=O)c2nnn(-c3nonc3N)c2CSc2nncn2C)cc1OC. The Morgan fingerprint density at radius 3 is 2.69 bits per heavy atom. The van der Waals surface area contributed by atoms with Crippen LogP contribution in [0, 0.1) is 0 Å². The highest BCUT2D eigenvalue weighted by molar-refractivity contribution is 7.98. The molecule has 35 heavy (non-hydrogen) atoms. The number of hydrazone groups is 1. The molecular formula is C19H21N11O4S. The van der Waals surface area contributed by atoms with E-state index in [4.69, 9.17) is 15.2 Å². The number of hydrogen-bond donors (Lipinski definition) is 2. The lowest BCUT2D eigenvalue weighted by Gasteiger charge is -2.09. The van der Waals surface area contributed by atoms with E-state index in [1.807, 2.05) is 0 Å². The lowest BCUT2D eigenvalue weighted by atomic mass is 10.1. The number of amides is 1.